The third kappa shape index (κ3) is 2.81. The summed E-state index contributed by atoms with van der Waals surface area (Å²) in [4.78, 5) is 8.25. The molecule has 5 N–H and O–H groups in total. The summed E-state index contributed by atoms with van der Waals surface area (Å²) in [6.45, 7) is 1.00. The summed E-state index contributed by atoms with van der Waals surface area (Å²) in [7, 11) is -3.87. The van der Waals surface area contributed by atoms with Gasteiger partial charge < -0.3 is 16.6 Å². The molecule has 0 rings (SSSR count). The van der Waals surface area contributed by atoms with Gasteiger partial charge in [-0.1, -0.05) is 6.92 Å². The fourth-order valence-electron chi connectivity index (χ4n) is 0.798. The molecule has 0 radical (unpaired) electrons. The van der Waals surface area contributed by atoms with Crippen LogP contribution in [0.2, 0.25) is 0 Å². The van der Waals surface area contributed by atoms with Gasteiger partial charge in [-0.3, -0.25) is 0 Å². The zero-order valence-corrected chi connectivity index (χ0v) is 9.40. The number of carboxylic acids is 1. The highest BCUT2D eigenvalue weighted by molar-refractivity contribution is 7.93. The molecule has 0 spiro atoms. The van der Waals surface area contributed by atoms with Crippen molar-refractivity contribution in [2.45, 2.75) is 18.2 Å². The van der Waals surface area contributed by atoms with E-state index in [4.69, 9.17) is 16.6 Å². The number of sulfone groups is 1. The molecule has 0 aromatic carbocycles. The van der Waals surface area contributed by atoms with Gasteiger partial charge in [0.1, 0.15) is 0 Å². The number of nitrogens with two attached hydrogens (primary N) is 2. The van der Waals surface area contributed by atoms with Crippen molar-refractivity contribution in [2.75, 3.05) is 12.3 Å². The zero-order chi connectivity index (χ0) is 10.7. The van der Waals surface area contributed by atoms with Gasteiger partial charge in [-0.15, -0.1) is 12.4 Å². The Balaban J connectivity index is 0. The van der Waals surface area contributed by atoms with Gasteiger partial charge in [-0.05, 0) is 6.42 Å². The molecule has 0 heterocycles. The van der Waals surface area contributed by atoms with Crippen LogP contribution < -0.4 is 11.5 Å². The average Bonchev–Trinajstić information content (AvgIpc) is 2.02. The molecule has 0 saturated carbocycles. The van der Waals surface area contributed by atoms with Crippen LogP contribution in [-0.4, -0.2) is 36.7 Å². The van der Waals surface area contributed by atoms with Crippen molar-refractivity contribution in [1.29, 1.82) is 0 Å². The summed E-state index contributed by atoms with van der Waals surface area (Å²) < 4.78 is 22.7. The van der Waals surface area contributed by atoms with Gasteiger partial charge in [-0.2, -0.15) is 0 Å². The molecule has 6 nitrogen and oxygen atoms in total. The van der Waals surface area contributed by atoms with Crippen LogP contribution in [0.1, 0.15) is 13.3 Å². The van der Waals surface area contributed by atoms with Crippen molar-refractivity contribution in [1.82, 2.24) is 0 Å². The minimum absolute atomic E-state index is 0. The molecule has 0 saturated heterocycles. The van der Waals surface area contributed by atoms with E-state index in [2.05, 4.69) is 0 Å². The summed E-state index contributed by atoms with van der Waals surface area (Å²) in [5.74, 6) is -1.88. The predicted molar refractivity (Wildman–Crippen MR) is 54.9 cm³/mol. The van der Waals surface area contributed by atoms with Gasteiger partial charge in [0.25, 0.3) is 0 Å². The Morgan fingerprint density at radius 3 is 2.14 bits per heavy atom. The summed E-state index contributed by atoms with van der Waals surface area (Å²) in [6, 6.07) is 0. The molecule has 0 bridgehead atoms. The summed E-state index contributed by atoms with van der Waals surface area (Å²) in [6.07, 6.45) is 0.314. The van der Waals surface area contributed by atoms with Crippen LogP contribution in [0.15, 0.2) is 0 Å². The van der Waals surface area contributed by atoms with Crippen molar-refractivity contribution in [3.8, 4) is 0 Å². The highest BCUT2D eigenvalue weighted by Crippen LogP contribution is 2.11. The van der Waals surface area contributed by atoms with Crippen molar-refractivity contribution in [3.63, 3.8) is 0 Å². The molecule has 86 valence electrons. The zero-order valence-electron chi connectivity index (χ0n) is 7.76. The topological polar surface area (TPSA) is 123 Å². The maximum Gasteiger partial charge on any atom is 0.340 e. The number of halogens is 1. The fraction of sp³-hybridized carbons (Fsp3) is 0.833. The summed E-state index contributed by atoms with van der Waals surface area (Å²) >= 11 is 0. The monoisotopic (exact) mass is 246 g/mol. The van der Waals surface area contributed by atoms with E-state index in [-0.39, 0.29) is 18.2 Å². The Kier molecular flexibility index (Phi) is 6.31. The van der Waals surface area contributed by atoms with Crippen LogP contribution in [0.4, 0.5) is 0 Å². The van der Waals surface area contributed by atoms with Gasteiger partial charge in [0.2, 0.25) is 4.87 Å². The van der Waals surface area contributed by atoms with E-state index in [0.717, 1.165) is 0 Å². The first-order chi connectivity index (χ1) is 5.81. The second kappa shape index (κ2) is 5.50. The normalized spacial score (nSPS) is 15.4. The Morgan fingerprint density at radius 2 is 1.93 bits per heavy atom. The number of carbonyl (C=O) groups is 1. The van der Waals surface area contributed by atoms with Gasteiger partial charge >= 0.3 is 5.97 Å². The highest BCUT2D eigenvalue weighted by atomic mass is 35.5. The second-order valence-electron chi connectivity index (χ2n) is 2.72. The lowest BCUT2D eigenvalue weighted by Gasteiger charge is -2.22. The number of aliphatic carboxylic acids is 1. The van der Waals surface area contributed by atoms with Crippen LogP contribution in [0.3, 0.4) is 0 Å². The Bertz CT molecular complexity index is 292. The lowest BCUT2D eigenvalue weighted by molar-refractivity contribution is -0.139. The van der Waals surface area contributed by atoms with Gasteiger partial charge in [0.15, 0.2) is 9.84 Å². The van der Waals surface area contributed by atoms with Crippen molar-refractivity contribution in [2.24, 2.45) is 11.5 Å². The van der Waals surface area contributed by atoms with Gasteiger partial charge in [-0.25, -0.2) is 13.2 Å². The lowest BCUT2D eigenvalue weighted by Crippen LogP contribution is -2.60. The van der Waals surface area contributed by atoms with E-state index < -0.39 is 27.2 Å². The van der Waals surface area contributed by atoms with Crippen LogP contribution in [0.25, 0.3) is 0 Å². The molecule has 1 unspecified atom stereocenters. The molecular weight excluding hydrogens is 232 g/mol. The van der Waals surface area contributed by atoms with Crippen LogP contribution in [0, 0.1) is 0 Å². The first-order valence-corrected chi connectivity index (χ1v) is 5.41. The first-order valence-electron chi connectivity index (χ1n) is 3.76. The van der Waals surface area contributed by atoms with Crippen molar-refractivity contribution in [3.05, 3.63) is 0 Å². The number of hydrogen-bond donors (Lipinski definition) is 3. The molecule has 0 amide bonds. The molecule has 0 aliphatic rings. The van der Waals surface area contributed by atoms with Gasteiger partial charge in [0.05, 0.1) is 5.75 Å². The molecular formula is C6H15ClN2O4S. The Morgan fingerprint density at radius 1 is 1.50 bits per heavy atom. The highest BCUT2D eigenvalue weighted by Gasteiger charge is 2.45. The number of hydrogen-bond acceptors (Lipinski definition) is 5. The molecule has 0 aromatic rings. The van der Waals surface area contributed by atoms with E-state index in [9.17, 15) is 13.2 Å². The quantitative estimate of drug-likeness (QED) is 0.568. The average molecular weight is 247 g/mol. The van der Waals surface area contributed by atoms with E-state index in [1.165, 1.54) is 0 Å². The van der Waals surface area contributed by atoms with Crippen molar-refractivity contribution < 1.29 is 18.3 Å². The van der Waals surface area contributed by atoms with Crippen LogP contribution in [-0.2, 0) is 14.6 Å². The van der Waals surface area contributed by atoms with Crippen molar-refractivity contribution >= 4 is 28.2 Å². The minimum atomic E-state index is -3.87. The number of carboxylic acid groups (broad SMARTS) is 1. The maximum atomic E-state index is 11.3. The molecule has 0 aromatic heterocycles. The standard InChI is InChI=1S/C6H14N2O4S.ClH/c1-2-3-13(11,12)6(8,4-7)5(9)10;/h2-4,7-8H2,1H3,(H,9,10);1H. The SMILES string of the molecule is CCCS(=O)(=O)C(N)(CN)C(=O)O.Cl. The lowest BCUT2D eigenvalue weighted by atomic mass is 10.3. The minimum Gasteiger partial charge on any atom is -0.479 e. The van der Waals surface area contributed by atoms with Gasteiger partial charge in [0, 0.05) is 6.54 Å². The molecule has 1 atom stereocenters. The molecule has 0 aliphatic carbocycles. The molecule has 8 heteroatoms. The number of rotatable bonds is 5. The Hall–Kier alpha value is -0.370. The summed E-state index contributed by atoms with van der Waals surface area (Å²) in [5, 5.41) is 8.61. The van der Waals surface area contributed by atoms with E-state index in [1.807, 2.05) is 0 Å². The largest absolute Gasteiger partial charge is 0.479 e. The predicted octanol–water partition coefficient (Wildman–Crippen LogP) is -1.07. The van der Waals surface area contributed by atoms with E-state index in [0.29, 0.717) is 6.42 Å². The maximum absolute atomic E-state index is 11.3. The molecule has 0 aliphatic heterocycles. The first kappa shape index (κ1) is 16.1. The molecule has 14 heavy (non-hydrogen) atoms. The fourth-order valence-corrected chi connectivity index (χ4v) is 2.22. The van der Waals surface area contributed by atoms with Crippen LogP contribution >= 0.6 is 12.4 Å². The summed E-state index contributed by atoms with van der Waals surface area (Å²) in [5.41, 5.74) is 10.2. The Labute approximate surface area is 89.0 Å². The van der Waals surface area contributed by atoms with E-state index >= 15 is 0 Å². The third-order valence-corrected chi connectivity index (χ3v) is 4.09. The smallest absolute Gasteiger partial charge is 0.340 e. The molecule has 0 fully saturated rings. The second-order valence-corrected chi connectivity index (χ2v) is 5.08. The van der Waals surface area contributed by atoms with Crippen LogP contribution in [0.5, 0.6) is 0 Å². The van der Waals surface area contributed by atoms with E-state index in [1.54, 1.807) is 6.92 Å². The third-order valence-electron chi connectivity index (χ3n) is 1.69.